The predicted octanol–water partition coefficient (Wildman–Crippen LogP) is 2.16. The summed E-state index contributed by atoms with van der Waals surface area (Å²) in [6.07, 6.45) is 3.40. The van der Waals surface area contributed by atoms with Crippen LogP contribution in [0.5, 0.6) is 5.75 Å². The normalized spacial score (nSPS) is 17.0. The Hall–Kier alpha value is -1.88. The van der Waals surface area contributed by atoms with E-state index in [-0.39, 0.29) is 11.7 Å². The number of amides is 1. The summed E-state index contributed by atoms with van der Waals surface area (Å²) in [6.45, 7) is 4.93. The molecule has 0 spiro atoms. The molecule has 0 aromatic heterocycles. The Labute approximate surface area is 137 Å². The van der Waals surface area contributed by atoms with Crippen molar-refractivity contribution in [2.75, 3.05) is 26.2 Å². The lowest BCUT2D eigenvalue weighted by molar-refractivity contribution is -0.121. The molecule has 1 aromatic rings. The van der Waals surface area contributed by atoms with Crippen LogP contribution in [0.25, 0.3) is 0 Å². The van der Waals surface area contributed by atoms with Crippen LogP contribution in [0.3, 0.4) is 0 Å². The summed E-state index contributed by atoms with van der Waals surface area (Å²) in [5.41, 5.74) is 0.640. The highest BCUT2D eigenvalue weighted by Gasteiger charge is 2.13. The SMILES string of the molecule is CC(=O)c1cccc(OCCCC(=O)NCCC2CCNC2)c1. The fourth-order valence-electron chi connectivity index (χ4n) is 2.69. The summed E-state index contributed by atoms with van der Waals surface area (Å²) in [5, 5.41) is 6.29. The monoisotopic (exact) mass is 318 g/mol. The number of Topliss-reactive ketones (excluding diaryl/α,β-unsaturated/α-hetero) is 1. The molecule has 1 aliphatic rings. The fraction of sp³-hybridized carbons (Fsp3) is 0.556. The second-order valence-corrected chi connectivity index (χ2v) is 6.03. The van der Waals surface area contributed by atoms with Crippen molar-refractivity contribution in [1.29, 1.82) is 0 Å². The van der Waals surface area contributed by atoms with Gasteiger partial charge in [0.2, 0.25) is 5.91 Å². The molecule has 1 aliphatic heterocycles. The average molecular weight is 318 g/mol. The lowest BCUT2D eigenvalue weighted by Gasteiger charge is -2.10. The molecule has 0 saturated carbocycles. The summed E-state index contributed by atoms with van der Waals surface area (Å²) < 4.78 is 5.59. The van der Waals surface area contributed by atoms with Crippen molar-refractivity contribution < 1.29 is 14.3 Å². The van der Waals surface area contributed by atoms with E-state index in [1.807, 2.05) is 6.07 Å². The van der Waals surface area contributed by atoms with Gasteiger partial charge in [0.25, 0.3) is 0 Å². The first-order chi connectivity index (χ1) is 11.1. The third kappa shape index (κ3) is 6.40. The van der Waals surface area contributed by atoms with Crippen LogP contribution < -0.4 is 15.4 Å². The van der Waals surface area contributed by atoms with Crippen molar-refractivity contribution in [3.8, 4) is 5.75 Å². The molecule has 2 rings (SSSR count). The molecule has 1 aromatic carbocycles. The van der Waals surface area contributed by atoms with Crippen LogP contribution in [0.1, 0.15) is 43.0 Å². The molecule has 0 bridgehead atoms. The minimum atomic E-state index is 0.0206. The second kappa shape index (κ2) is 9.30. The molecule has 1 amide bonds. The van der Waals surface area contributed by atoms with Gasteiger partial charge in [0.15, 0.2) is 5.78 Å². The van der Waals surface area contributed by atoms with Gasteiger partial charge in [0.1, 0.15) is 5.75 Å². The third-order valence-corrected chi connectivity index (χ3v) is 4.09. The fourth-order valence-corrected chi connectivity index (χ4v) is 2.69. The molecule has 2 N–H and O–H groups in total. The molecular weight excluding hydrogens is 292 g/mol. The van der Waals surface area contributed by atoms with E-state index < -0.39 is 0 Å². The molecule has 1 unspecified atom stereocenters. The van der Waals surface area contributed by atoms with Gasteiger partial charge >= 0.3 is 0 Å². The highest BCUT2D eigenvalue weighted by atomic mass is 16.5. The van der Waals surface area contributed by atoms with Gasteiger partial charge in [-0.1, -0.05) is 12.1 Å². The van der Waals surface area contributed by atoms with E-state index in [0.717, 1.165) is 26.1 Å². The molecular formula is C18H26N2O3. The molecule has 5 heteroatoms. The van der Waals surface area contributed by atoms with Gasteiger partial charge in [-0.25, -0.2) is 0 Å². The van der Waals surface area contributed by atoms with Gasteiger partial charge in [-0.15, -0.1) is 0 Å². The lowest BCUT2D eigenvalue weighted by atomic mass is 10.1. The van der Waals surface area contributed by atoms with Gasteiger partial charge < -0.3 is 15.4 Å². The van der Waals surface area contributed by atoms with Gasteiger partial charge in [0.05, 0.1) is 6.61 Å². The van der Waals surface area contributed by atoms with Crippen LogP contribution in [-0.4, -0.2) is 37.9 Å². The molecule has 0 radical (unpaired) electrons. The number of carbonyl (C=O) groups excluding carboxylic acids is 2. The largest absolute Gasteiger partial charge is 0.494 e. The molecule has 0 aliphatic carbocycles. The summed E-state index contributed by atoms with van der Waals surface area (Å²) in [4.78, 5) is 23.0. The Bertz CT molecular complexity index is 525. The van der Waals surface area contributed by atoms with Gasteiger partial charge in [-0.2, -0.15) is 0 Å². The Morgan fingerprint density at radius 2 is 2.26 bits per heavy atom. The van der Waals surface area contributed by atoms with E-state index in [1.54, 1.807) is 18.2 Å². The molecule has 1 saturated heterocycles. The molecule has 1 fully saturated rings. The maximum Gasteiger partial charge on any atom is 0.220 e. The zero-order chi connectivity index (χ0) is 16.5. The minimum Gasteiger partial charge on any atom is -0.494 e. The lowest BCUT2D eigenvalue weighted by Crippen LogP contribution is -2.26. The van der Waals surface area contributed by atoms with E-state index in [9.17, 15) is 9.59 Å². The van der Waals surface area contributed by atoms with Crippen LogP contribution in [0, 0.1) is 5.92 Å². The Balaban J connectivity index is 1.56. The number of hydrogen-bond acceptors (Lipinski definition) is 4. The van der Waals surface area contributed by atoms with E-state index in [4.69, 9.17) is 4.74 Å². The second-order valence-electron chi connectivity index (χ2n) is 6.03. The molecule has 1 heterocycles. The number of benzene rings is 1. The third-order valence-electron chi connectivity index (χ3n) is 4.09. The molecule has 23 heavy (non-hydrogen) atoms. The smallest absolute Gasteiger partial charge is 0.220 e. The number of nitrogens with one attached hydrogen (secondary N) is 2. The Morgan fingerprint density at radius 3 is 3.00 bits per heavy atom. The number of carbonyl (C=O) groups is 2. The van der Waals surface area contributed by atoms with Crippen LogP contribution >= 0.6 is 0 Å². The van der Waals surface area contributed by atoms with Crippen molar-refractivity contribution in [2.45, 2.75) is 32.6 Å². The summed E-state index contributed by atoms with van der Waals surface area (Å²) in [7, 11) is 0. The van der Waals surface area contributed by atoms with Crippen molar-refractivity contribution >= 4 is 11.7 Å². The Kier molecular flexibility index (Phi) is 7.07. The highest BCUT2D eigenvalue weighted by Crippen LogP contribution is 2.14. The van der Waals surface area contributed by atoms with E-state index >= 15 is 0 Å². The standard InChI is InChI=1S/C18H26N2O3/c1-14(21)16-4-2-5-17(12-16)23-11-3-6-18(22)20-10-8-15-7-9-19-13-15/h2,4-5,12,15,19H,3,6-11,13H2,1H3,(H,20,22). The van der Waals surface area contributed by atoms with Gasteiger partial charge in [0, 0.05) is 18.5 Å². The zero-order valence-corrected chi connectivity index (χ0v) is 13.8. The summed E-state index contributed by atoms with van der Waals surface area (Å²) in [6, 6.07) is 7.12. The molecule has 5 nitrogen and oxygen atoms in total. The van der Waals surface area contributed by atoms with E-state index in [2.05, 4.69) is 10.6 Å². The predicted molar refractivity (Wildman–Crippen MR) is 89.8 cm³/mol. The summed E-state index contributed by atoms with van der Waals surface area (Å²) in [5.74, 6) is 1.48. The van der Waals surface area contributed by atoms with Gasteiger partial charge in [-0.3, -0.25) is 9.59 Å². The first kappa shape index (κ1) is 17.5. The summed E-state index contributed by atoms with van der Waals surface area (Å²) >= 11 is 0. The maximum atomic E-state index is 11.7. The molecule has 126 valence electrons. The number of hydrogen-bond donors (Lipinski definition) is 2. The van der Waals surface area contributed by atoms with Crippen LogP contribution in [-0.2, 0) is 4.79 Å². The maximum absolute atomic E-state index is 11.7. The average Bonchev–Trinajstić information content (AvgIpc) is 3.05. The molecule has 1 atom stereocenters. The minimum absolute atomic E-state index is 0.0206. The van der Waals surface area contributed by atoms with Crippen LogP contribution in [0.15, 0.2) is 24.3 Å². The topological polar surface area (TPSA) is 67.4 Å². The van der Waals surface area contributed by atoms with Gasteiger partial charge in [-0.05, 0) is 57.3 Å². The van der Waals surface area contributed by atoms with E-state index in [1.165, 1.54) is 13.3 Å². The van der Waals surface area contributed by atoms with Crippen molar-refractivity contribution in [2.24, 2.45) is 5.92 Å². The first-order valence-electron chi connectivity index (χ1n) is 8.36. The quantitative estimate of drug-likeness (QED) is 0.541. The van der Waals surface area contributed by atoms with Crippen molar-refractivity contribution in [1.82, 2.24) is 10.6 Å². The number of ether oxygens (including phenoxy) is 1. The Morgan fingerprint density at radius 1 is 1.39 bits per heavy atom. The highest BCUT2D eigenvalue weighted by molar-refractivity contribution is 5.94. The number of rotatable bonds is 9. The first-order valence-corrected chi connectivity index (χ1v) is 8.36. The van der Waals surface area contributed by atoms with Crippen LogP contribution in [0.2, 0.25) is 0 Å². The van der Waals surface area contributed by atoms with Crippen molar-refractivity contribution in [3.05, 3.63) is 29.8 Å². The number of ketones is 1. The van der Waals surface area contributed by atoms with Crippen molar-refractivity contribution in [3.63, 3.8) is 0 Å². The van der Waals surface area contributed by atoms with E-state index in [0.29, 0.717) is 36.7 Å². The zero-order valence-electron chi connectivity index (χ0n) is 13.8. The van der Waals surface area contributed by atoms with Crippen LogP contribution in [0.4, 0.5) is 0 Å².